The Balaban J connectivity index is 2.31. The molecular formula is C15H20N2O3. The second-order valence-corrected chi connectivity index (χ2v) is 5.56. The molecule has 5 nitrogen and oxygen atoms in total. The molecule has 0 saturated carbocycles. The minimum absolute atomic E-state index is 0.0193. The molecule has 1 amide bonds. The van der Waals surface area contributed by atoms with E-state index in [0.717, 1.165) is 11.1 Å². The summed E-state index contributed by atoms with van der Waals surface area (Å²) in [6, 6.07) is 6.12. The van der Waals surface area contributed by atoms with Gasteiger partial charge in [0, 0.05) is 13.0 Å². The molecule has 3 N–H and O–H groups in total. The van der Waals surface area contributed by atoms with Crippen LogP contribution in [0.2, 0.25) is 0 Å². The number of nitrogens with two attached hydrogens (primary N) is 1. The predicted molar refractivity (Wildman–Crippen MR) is 74.9 cm³/mol. The molecule has 0 bridgehead atoms. The minimum atomic E-state index is -0.983. The van der Waals surface area contributed by atoms with Crippen LogP contribution in [0.4, 0.5) is 0 Å². The van der Waals surface area contributed by atoms with Crippen LogP contribution in [0.5, 0.6) is 0 Å². The van der Waals surface area contributed by atoms with E-state index in [0.29, 0.717) is 13.0 Å². The van der Waals surface area contributed by atoms with E-state index in [4.69, 9.17) is 5.73 Å². The molecule has 2 rings (SSSR count). The third-order valence-corrected chi connectivity index (χ3v) is 3.82. The van der Waals surface area contributed by atoms with Gasteiger partial charge >= 0.3 is 5.97 Å². The smallest absolute Gasteiger partial charge is 0.326 e. The lowest BCUT2D eigenvalue weighted by atomic mass is 9.92. The molecule has 0 saturated heterocycles. The zero-order valence-electron chi connectivity index (χ0n) is 11.7. The first-order valence-corrected chi connectivity index (χ1v) is 6.77. The van der Waals surface area contributed by atoms with Gasteiger partial charge in [-0.3, -0.25) is 4.79 Å². The molecule has 20 heavy (non-hydrogen) atoms. The fourth-order valence-electron chi connectivity index (χ4n) is 2.45. The molecule has 1 aromatic rings. The Morgan fingerprint density at radius 3 is 2.45 bits per heavy atom. The molecule has 0 fully saturated rings. The Labute approximate surface area is 118 Å². The van der Waals surface area contributed by atoms with Crippen molar-refractivity contribution in [1.29, 1.82) is 0 Å². The highest BCUT2D eigenvalue weighted by Gasteiger charge is 2.36. The highest BCUT2D eigenvalue weighted by molar-refractivity contribution is 5.87. The van der Waals surface area contributed by atoms with Crippen molar-refractivity contribution in [3.8, 4) is 0 Å². The van der Waals surface area contributed by atoms with Crippen LogP contribution in [0.15, 0.2) is 24.3 Å². The van der Waals surface area contributed by atoms with E-state index in [2.05, 4.69) is 0 Å². The number of fused-ring (bicyclic) bond motifs is 1. The maximum Gasteiger partial charge on any atom is 0.326 e. The number of nitrogens with zero attached hydrogens (tertiary/aromatic N) is 1. The van der Waals surface area contributed by atoms with Crippen molar-refractivity contribution >= 4 is 11.9 Å². The van der Waals surface area contributed by atoms with Crippen molar-refractivity contribution < 1.29 is 14.7 Å². The molecule has 1 aromatic carbocycles. The SMILES string of the molecule is CC(C)C(N)C(=O)N1Cc2ccccc2C[C@H]1C(=O)O. The third kappa shape index (κ3) is 2.67. The van der Waals surface area contributed by atoms with Gasteiger partial charge in [0.1, 0.15) is 6.04 Å². The van der Waals surface area contributed by atoms with Crippen molar-refractivity contribution in [2.75, 3.05) is 0 Å². The van der Waals surface area contributed by atoms with Crippen molar-refractivity contribution in [3.05, 3.63) is 35.4 Å². The Morgan fingerprint density at radius 2 is 1.90 bits per heavy atom. The number of carboxylic acid groups (broad SMARTS) is 1. The van der Waals surface area contributed by atoms with E-state index in [1.807, 2.05) is 38.1 Å². The molecule has 108 valence electrons. The number of carbonyl (C=O) groups excluding carboxylic acids is 1. The van der Waals surface area contributed by atoms with Gasteiger partial charge in [-0.2, -0.15) is 0 Å². The second-order valence-electron chi connectivity index (χ2n) is 5.56. The number of carbonyl (C=O) groups is 2. The maximum atomic E-state index is 12.4. The molecule has 1 heterocycles. The molecule has 0 aliphatic carbocycles. The van der Waals surface area contributed by atoms with Gasteiger partial charge in [0.2, 0.25) is 5.91 Å². The Kier molecular flexibility index (Phi) is 4.09. The largest absolute Gasteiger partial charge is 0.480 e. The summed E-state index contributed by atoms with van der Waals surface area (Å²) in [6.45, 7) is 4.03. The van der Waals surface area contributed by atoms with Crippen molar-refractivity contribution in [2.24, 2.45) is 11.7 Å². The Morgan fingerprint density at radius 1 is 1.30 bits per heavy atom. The third-order valence-electron chi connectivity index (χ3n) is 3.82. The summed E-state index contributed by atoms with van der Waals surface area (Å²) < 4.78 is 0. The Bertz CT molecular complexity index is 528. The number of hydrogen-bond donors (Lipinski definition) is 2. The molecule has 1 aliphatic heterocycles. The molecular weight excluding hydrogens is 256 g/mol. The van der Waals surface area contributed by atoms with Gasteiger partial charge in [0.05, 0.1) is 6.04 Å². The summed E-state index contributed by atoms with van der Waals surface area (Å²) in [5, 5.41) is 9.37. The number of carboxylic acids is 1. The van der Waals surface area contributed by atoms with Gasteiger partial charge in [-0.25, -0.2) is 4.79 Å². The van der Waals surface area contributed by atoms with Gasteiger partial charge < -0.3 is 15.7 Å². The van der Waals surface area contributed by atoms with E-state index in [1.165, 1.54) is 4.90 Å². The fraction of sp³-hybridized carbons (Fsp3) is 0.467. The van der Waals surface area contributed by atoms with Crippen LogP contribution in [-0.4, -0.2) is 34.0 Å². The lowest BCUT2D eigenvalue weighted by molar-refractivity contribution is -0.152. The molecule has 0 aromatic heterocycles. The summed E-state index contributed by atoms with van der Waals surface area (Å²) >= 11 is 0. The van der Waals surface area contributed by atoms with Crippen LogP contribution >= 0.6 is 0 Å². The minimum Gasteiger partial charge on any atom is -0.480 e. The summed E-state index contributed by atoms with van der Waals surface area (Å²) in [6.07, 6.45) is 0.335. The number of amides is 1. The number of hydrogen-bond acceptors (Lipinski definition) is 3. The summed E-state index contributed by atoms with van der Waals surface area (Å²) in [5.74, 6) is -1.29. The van der Waals surface area contributed by atoms with Crippen LogP contribution in [0.3, 0.4) is 0 Å². The molecule has 1 aliphatic rings. The van der Waals surface area contributed by atoms with Gasteiger partial charge in [0.15, 0.2) is 0 Å². The predicted octanol–water partition coefficient (Wildman–Crippen LogP) is 1.01. The molecule has 0 radical (unpaired) electrons. The first-order chi connectivity index (χ1) is 9.41. The topological polar surface area (TPSA) is 83.6 Å². The van der Waals surface area contributed by atoms with Crippen molar-refractivity contribution in [3.63, 3.8) is 0 Å². The lowest BCUT2D eigenvalue weighted by Crippen LogP contribution is -2.55. The van der Waals surface area contributed by atoms with Crippen LogP contribution in [0.25, 0.3) is 0 Å². The summed E-state index contributed by atoms with van der Waals surface area (Å²) in [7, 11) is 0. The number of rotatable bonds is 3. The van der Waals surface area contributed by atoms with Gasteiger partial charge in [0.25, 0.3) is 0 Å². The lowest BCUT2D eigenvalue weighted by Gasteiger charge is -2.36. The van der Waals surface area contributed by atoms with E-state index in [1.54, 1.807) is 0 Å². The second kappa shape index (κ2) is 5.63. The monoisotopic (exact) mass is 276 g/mol. The van der Waals surface area contributed by atoms with E-state index in [9.17, 15) is 14.7 Å². The first kappa shape index (κ1) is 14.5. The number of benzene rings is 1. The van der Waals surface area contributed by atoms with Crippen LogP contribution in [0, 0.1) is 5.92 Å². The van der Waals surface area contributed by atoms with E-state index >= 15 is 0 Å². The maximum absolute atomic E-state index is 12.4. The van der Waals surface area contributed by atoms with E-state index < -0.39 is 18.1 Å². The molecule has 0 spiro atoms. The van der Waals surface area contributed by atoms with Crippen LogP contribution < -0.4 is 5.73 Å². The average Bonchev–Trinajstić information content (AvgIpc) is 2.44. The number of aliphatic carboxylic acids is 1. The highest BCUT2D eigenvalue weighted by atomic mass is 16.4. The standard InChI is InChI=1S/C15H20N2O3/c1-9(2)13(16)14(18)17-8-11-6-4-3-5-10(11)7-12(17)15(19)20/h3-6,9,12-13H,7-8,16H2,1-2H3,(H,19,20)/t12-,13?/m0/s1. The highest BCUT2D eigenvalue weighted by Crippen LogP contribution is 2.24. The molecule has 1 unspecified atom stereocenters. The summed E-state index contributed by atoms with van der Waals surface area (Å²) in [4.78, 5) is 25.2. The van der Waals surface area contributed by atoms with Crippen LogP contribution in [-0.2, 0) is 22.6 Å². The quantitative estimate of drug-likeness (QED) is 0.863. The van der Waals surface area contributed by atoms with E-state index in [-0.39, 0.29) is 11.8 Å². The Hall–Kier alpha value is -1.88. The molecule has 5 heteroatoms. The van der Waals surface area contributed by atoms with Gasteiger partial charge in [-0.05, 0) is 17.0 Å². The zero-order chi connectivity index (χ0) is 14.9. The van der Waals surface area contributed by atoms with Gasteiger partial charge in [-0.15, -0.1) is 0 Å². The zero-order valence-corrected chi connectivity index (χ0v) is 11.7. The fourth-order valence-corrected chi connectivity index (χ4v) is 2.45. The van der Waals surface area contributed by atoms with Crippen molar-refractivity contribution in [2.45, 2.75) is 38.9 Å². The van der Waals surface area contributed by atoms with Crippen molar-refractivity contribution in [1.82, 2.24) is 4.90 Å². The molecule has 2 atom stereocenters. The van der Waals surface area contributed by atoms with Crippen LogP contribution in [0.1, 0.15) is 25.0 Å². The normalized spacial score (nSPS) is 19.6. The average molecular weight is 276 g/mol. The first-order valence-electron chi connectivity index (χ1n) is 6.77. The summed E-state index contributed by atoms with van der Waals surface area (Å²) in [5.41, 5.74) is 7.87. The van der Waals surface area contributed by atoms with Gasteiger partial charge in [-0.1, -0.05) is 38.1 Å².